The molecule has 2 rings (SSSR count). The predicted molar refractivity (Wildman–Crippen MR) is 81.3 cm³/mol. The summed E-state index contributed by atoms with van der Waals surface area (Å²) in [5, 5.41) is 20.3. The van der Waals surface area contributed by atoms with E-state index in [-0.39, 0.29) is 11.9 Å². The standard InChI is InChI=1S/C15H19NO4S/c1-16(12-4-2-3-5-13(12)17)15(20)10-8-11(21-9-10)6-7-14(18)19/h6-9,12-13,17H,2-5H2,1H3,(H,18,19)/b7-6+. The fourth-order valence-electron chi connectivity index (χ4n) is 2.60. The minimum Gasteiger partial charge on any atom is -0.478 e. The van der Waals surface area contributed by atoms with E-state index in [1.54, 1.807) is 23.4 Å². The lowest BCUT2D eigenvalue weighted by Gasteiger charge is -2.35. The van der Waals surface area contributed by atoms with Gasteiger partial charge in [-0.1, -0.05) is 12.8 Å². The van der Waals surface area contributed by atoms with Crippen molar-refractivity contribution in [2.24, 2.45) is 0 Å². The molecule has 5 nitrogen and oxygen atoms in total. The monoisotopic (exact) mass is 309 g/mol. The highest BCUT2D eigenvalue weighted by atomic mass is 32.1. The Morgan fingerprint density at radius 1 is 1.38 bits per heavy atom. The Morgan fingerprint density at radius 2 is 2.10 bits per heavy atom. The molecule has 0 aliphatic heterocycles. The molecule has 0 saturated heterocycles. The van der Waals surface area contributed by atoms with Crippen molar-refractivity contribution in [3.63, 3.8) is 0 Å². The zero-order valence-corrected chi connectivity index (χ0v) is 12.7. The van der Waals surface area contributed by atoms with E-state index in [9.17, 15) is 14.7 Å². The van der Waals surface area contributed by atoms with Crippen molar-refractivity contribution in [2.75, 3.05) is 7.05 Å². The molecule has 1 aliphatic carbocycles. The Kier molecular flexibility index (Phi) is 5.14. The van der Waals surface area contributed by atoms with Crippen molar-refractivity contribution in [3.05, 3.63) is 28.0 Å². The summed E-state index contributed by atoms with van der Waals surface area (Å²) >= 11 is 1.32. The van der Waals surface area contributed by atoms with Crippen LogP contribution in [0, 0.1) is 0 Å². The van der Waals surface area contributed by atoms with Crippen LogP contribution in [0.1, 0.15) is 40.9 Å². The molecule has 0 aromatic carbocycles. The van der Waals surface area contributed by atoms with Gasteiger partial charge in [-0.05, 0) is 25.0 Å². The number of aliphatic carboxylic acids is 1. The van der Waals surface area contributed by atoms with E-state index in [1.807, 2.05) is 0 Å². The van der Waals surface area contributed by atoms with Gasteiger partial charge in [0.2, 0.25) is 0 Å². The molecular formula is C15H19NO4S. The number of aliphatic hydroxyl groups excluding tert-OH is 1. The van der Waals surface area contributed by atoms with E-state index in [0.29, 0.717) is 5.56 Å². The molecule has 1 amide bonds. The van der Waals surface area contributed by atoms with Gasteiger partial charge in [-0.3, -0.25) is 4.79 Å². The number of likely N-dealkylation sites (N-methyl/N-ethyl adjacent to an activating group) is 1. The van der Waals surface area contributed by atoms with Crippen LogP contribution in [0.2, 0.25) is 0 Å². The van der Waals surface area contributed by atoms with Crippen molar-refractivity contribution in [3.8, 4) is 0 Å². The fourth-order valence-corrected chi connectivity index (χ4v) is 3.38. The molecule has 114 valence electrons. The van der Waals surface area contributed by atoms with Crippen molar-refractivity contribution < 1.29 is 19.8 Å². The topological polar surface area (TPSA) is 77.8 Å². The number of aliphatic hydroxyl groups is 1. The predicted octanol–water partition coefficient (Wildman–Crippen LogP) is 2.22. The first kappa shape index (κ1) is 15.7. The lowest BCUT2D eigenvalue weighted by Crippen LogP contribution is -2.46. The van der Waals surface area contributed by atoms with Crippen LogP contribution in [0.25, 0.3) is 6.08 Å². The smallest absolute Gasteiger partial charge is 0.328 e. The Hall–Kier alpha value is -1.66. The zero-order valence-electron chi connectivity index (χ0n) is 11.9. The number of carboxylic acids is 1. The highest BCUT2D eigenvalue weighted by Crippen LogP contribution is 2.25. The highest BCUT2D eigenvalue weighted by molar-refractivity contribution is 7.11. The lowest BCUT2D eigenvalue weighted by molar-refractivity contribution is -0.131. The third-order valence-corrected chi connectivity index (χ3v) is 4.67. The van der Waals surface area contributed by atoms with Crippen LogP contribution in [0.15, 0.2) is 17.5 Å². The van der Waals surface area contributed by atoms with Gasteiger partial charge >= 0.3 is 5.97 Å². The molecule has 1 aromatic rings. The van der Waals surface area contributed by atoms with Gasteiger partial charge in [0.25, 0.3) is 5.91 Å². The number of carbonyl (C=O) groups excluding carboxylic acids is 1. The number of amides is 1. The van der Waals surface area contributed by atoms with Crippen LogP contribution in [0.5, 0.6) is 0 Å². The molecule has 1 saturated carbocycles. The van der Waals surface area contributed by atoms with E-state index < -0.39 is 12.1 Å². The van der Waals surface area contributed by atoms with Crippen molar-refractivity contribution in [1.82, 2.24) is 4.90 Å². The second kappa shape index (κ2) is 6.87. The molecule has 21 heavy (non-hydrogen) atoms. The van der Waals surface area contributed by atoms with E-state index in [4.69, 9.17) is 5.11 Å². The third kappa shape index (κ3) is 3.92. The Balaban J connectivity index is 2.07. The number of carboxylic acid groups (broad SMARTS) is 1. The average molecular weight is 309 g/mol. The summed E-state index contributed by atoms with van der Waals surface area (Å²) in [7, 11) is 1.71. The third-order valence-electron chi connectivity index (χ3n) is 3.77. The summed E-state index contributed by atoms with van der Waals surface area (Å²) < 4.78 is 0. The number of hydrogen-bond acceptors (Lipinski definition) is 4. The maximum absolute atomic E-state index is 12.4. The van der Waals surface area contributed by atoms with Crippen molar-refractivity contribution >= 4 is 29.3 Å². The summed E-state index contributed by atoms with van der Waals surface area (Å²) in [5.41, 5.74) is 0.533. The molecule has 0 bridgehead atoms. The van der Waals surface area contributed by atoms with E-state index >= 15 is 0 Å². The SMILES string of the molecule is CN(C(=O)c1csc(/C=C/C(=O)O)c1)C1CCCCC1O. The highest BCUT2D eigenvalue weighted by Gasteiger charge is 2.30. The normalized spacial score (nSPS) is 22.4. The number of nitrogens with zero attached hydrogens (tertiary/aromatic N) is 1. The van der Waals surface area contributed by atoms with Crippen LogP contribution in [-0.4, -0.2) is 46.2 Å². The molecule has 1 fully saturated rings. The van der Waals surface area contributed by atoms with Crippen molar-refractivity contribution in [1.29, 1.82) is 0 Å². The van der Waals surface area contributed by atoms with Gasteiger partial charge in [-0.2, -0.15) is 0 Å². The van der Waals surface area contributed by atoms with Gasteiger partial charge in [-0.25, -0.2) is 4.79 Å². The number of rotatable bonds is 4. The van der Waals surface area contributed by atoms with Gasteiger partial charge in [0, 0.05) is 23.4 Å². The lowest BCUT2D eigenvalue weighted by atomic mass is 9.91. The van der Waals surface area contributed by atoms with Crippen molar-refractivity contribution in [2.45, 2.75) is 37.8 Å². The summed E-state index contributed by atoms with van der Waals surface area (Å²) in [5.74, 6) is -1.15. The van der Waals surface area contributed by atoms with Crippen LogP contribution in [0.4, 0.5) is 0 Å². The van der Waals surface area contributed by atoms with Gasteiger partial charge < -0.3 is 15.1 Å². The Morgan fingerprint density at radius 3 is 2.76 bits per heavy atom. The number of hydrogen-bond donors (Lipinski definition) is 2. The van der Waals surface area contributed by atoms with E-state index in [1.165, 1.54) is 17.4 Å². The molecule has 2 atom stereocenters. The minimum absolute atomic E-state index is 0.132. The summed E-state index contributed by atoms with van der Waals surface area (Å²) in [4.78, 5) is 25.2. The van der Waals surface area contributed by atoms with Crippen LogP contribution in [-0.2, 0) is 4.79 Å². The number of thiophene rings is 1. The van der Waals surface area contributed by atoms with Gasteiger partial charge in [-0.15, -0.1) is 11.3 Å². The van der Waals surface area contributed by atoms with Gasteiger partial charge in [0.05, 0.1) is 17.7 Å². The zero-order chi connectivity index (χ0) is 15.4. The Bertz CT molecular complexity index is 552. The second-order valence-electron chi connectivity index (χ2n) is 5.24. The molecule has 1 heterocycles. The molecule has 1 aromatic heterocycles. The quantitative estimate of drug-likeness (QED) is 0.836. The first-order valence-corrected chi connectivity index (χ1v) is 7.82. The average Bonchev–Trinajstić information content (AvgIpc) is 2.93. The molecule has 2 unspecified atom stereocenters. The largest absolute Gasteiger partial charge is 0.478 e. The summed E-state index contributed by atoms with van der Waals surface area (Å²) in [6.07, 6.45) is 5.64. The fraction of sp³-hybridized carbons (Fsp3) is 0.467. The molecular weight excluding hydrogens is 290 g/mol. The number of carbonyl (C=O) groups is 2. The molecule has 1 aliphatic rings. The maximum Gasteiger partial charge on any atom is 0.328 e. The molecule has 0 radical (unpaired) electrons. The maximum atomic E-state index is 12.4. The Labute approximate surface area is 127 Å². The minimum atomic E-state index is -1.02. The van der Waals surface area contributed by atoms with Crippen LogP contribution in [0.3, 0.4) is 0 Å². The molecule has 0 spiro atoms. The summed E-state index contributed by atoms with van der Waals surface area (Å²) in [6.45, 7) is 0. The first-order chi connectivity index (χ1) is 9.99. The second-order valence-corrected chi connectivity index (χ2v) is 6.19. The van der Waals surface area contributed by atoms with E-state index in [2.05, 4.69) is 0 Å². The molecule has 6 heteroatoms. The van der Waals surface area contributed by atoms with Crippen LogP contribution < -0.4 is 0 Å². The first-order valence-electron chi connectivity index (χ1n) is 6.94. The van der Waals surface area contributed by atoms with Gasteiger partial charge in [0.1, 0.15) is 0 Å². The molecule has 2 N–H and O–H groups in total. The summed E-state index contributed by atoms with van der Waals surface area (Å²) in [6, 6.07) is 1.54. The van der Waals surface area contributed by atoms with Crippen LogP contribution >= 0.6 is 11.3 Å². The van der Waals surface area contributed by atoms with Gasteiger partial charge in [0.15, 0.2) is 0 Å². The van der Waals surface area contributed by atoms with E-state index in [0.717, 1.165) is 36.6 Å².